The second-order valence-electron chi connectivity index (χ2n) is 4.44. The predicted octanol–water partition coefficient (Wildman–Crippen LogP) is 3.89. The highest BCUT2D eigenvalue weighted by atomic mass is 16.1. The van der Waals surface area contributed by atoms with Crippen molar-refractivity contribution >= 4 is 5.91 Å². The monoisotopic (exact) mass is 235 g/mol. The van der Waals surface area contributed by atoms with Gasteiger partial charge in [-0.3, -0.25) is 4.79 Å². The summed E-state index contributed by atoms with van der Waals surface area (Å²) in [6.07, 6.45) is 8.32. The van der Waals surface area contributed by atoms with E-state index in [2.05, 4.69) is 26.7 Å². The van der Waals surface area contributed by atoms with Crippen molar-refractivity contribution < 1.29 is 4.79 Å². The van der Waals surface area contributed by atoms with Gasteiger partial charge in [-0.05, 0) is 24.0 Å². The highest BCUT2D eigenvalue weighted by molar-refractivity contribution is 5.96. The Morgan fingerprint density at radius 3 is 2.00 bits per heavy atom. The van der Waals surface area contributed by atoms with Gasteiger partial charge in [-0.2, -0.15) is 0 Å². The van der Waals surface area contributed by atoms with Crippen LogP contribution in [0.1, 0.15) is 51.9 Å². The molecule has 0 heterocycles. The Kier molecular flexibility index (Phi) is 8.12. The number of nitrogens with two attached hydrogens (primary N) is 1. The number of unbranched alkanes of at least 4 members (excludes halogenated alkanes) is 5. The Morgan fingerprint density at radius 1 is 0.941 bits per heavy atom. The summed E-state index contributed by atoms with van der Waals surface area (Å²) in [5, 5.41) is 0. The van der Waals surface area contributed by atoms with Crippen LogP contribution in [0.4, 0.5) is 0 Å². The van der Waals surface area contributed by atoms with Gasteiger partial charge in [-0.25, -0.2) is 0 Å². The Labute approximate surface area is 105 Å². The van der Waals surface area contributed by atoms with Crippen LogP contribution in [0.3, 0.4) is 0 Å². The molecule has 17 heavy (non-hydrogen) atoms. The number of carbonyl (C=O) groups is 1. The van der Waals surface area contributed by atoms with Crippen LogP contribution in [0.25, 0.3) is 0 Å². The van der Waals surface area contributed by atoms with E-state index in [9.17, 15) is 4.79 Å². The molecule has 2 heteroatoms. The summed E-state index contributed by atoms with van der Waals surface area (Å²) in [4.78, 5) is 10.9. The highest BCUT2D eigenvalue weighted by Crippen LogP contribution is 2.20. The summed E-state index contributed by atoms with van der Waals surface area (Å²) in [5.74, 6) is -0.515. The summed E-state index contributed by atoms with van der Waals surface area (Å²) in [5.41, 5.74) is 6.90. The molecule has 0 saturated carbocycles. The van der Waals surface area contributed by atoms with Crippen molar-refractivity contribution in [2.45, 2.75) is 51.9 Å². The molecule has 1 amide bonds. The SMILES string of the molecule is C=C(CCCCCCCC)C(=C)C(=C)C(N)=O. The van der Waals surface area contributed by atoms with E-state index in [4.69, 9.17) is 5.73 Å². The minimum absolute atomic E-state index is 0.279. The fourth-order valence-corrected chi connectivity index (χ4v) is 1.63. The van der Waals surface area contributed by atoms with Crippen LogP contribution < -0.4 is 5.73 Å². The molecule has 0 aliphatic rings. The maximum atomic E-state index is 10.9. The third-order valence-corrected chi connectivity index (χ3v) is 2.92. The topological polar surface area (TPSA) is 43.1 Å². The molecule has 0 aliphatic heterocycles. The smallest absolute Gasteiger partial charge is 0.248 e. The van der Waals surface area contributed by atoms with E-state index in [0.29, 0.717) is 5.57 Å². The molecule has 0 rings (SSSR count). The first-order valence-corrected chi connectivity index (χ1v) is 6.36. The van der Waals surface area contributed by atoms with Gasteiger partial charge in [0.2, 0.25) is 5.91 Å². The fourth-order valence-electron chi connectivity index (χ4n) is 1.63. The van der Waals surface area contributed by atoms with Crippen LogP contribution in [-0.2, 0) is 4.79 Å². The molecule has 0 aromatic rings. The van der Waals surface area contributed by atoms with Gasteiger partial charge in [0.25, 0.3) is 0 Å². The van der Waals surface area contributed by atoms with Crippen molar-refractivity contribution in [3.63, 3.8) is 0 Å². The summed E-state index contributed by atoms with van der Waals surface area (Å²) in [6, 6.07) is 0. The second-order valence-corrected chi connectivity index (χ2v) is 4.44. The molecule has 96 valence electrons. The van der Waals surface area contributed by atoms with Crippen LogP contribution in [0.5, 0.6) is 0 Å². The number of primary amides is 1. The van der Waals surface area contributed by atoms with Crippen molar-refractivity contribution in [3.05, 3.63) is 36.5 Å². The number of carbonyl (C=O) groups excluding carboxylic acids is 1. The third kappa shape index (κ3) is 6.77. The summed E-state index contributed by atoms with van der Waals surface area (Å²) >= 11 is 0. The molecule has 0 aromatic carbocycles. The fraction of sp³-hybridized carbons (Fsp3) is 0.533. The predicted molar refractivity (Wildman–Crippen MR) is 74.6 cm³/mol. The Bertz CT molecular complexity index is 302. The van der Waals surface area contributed by atoms with E-state index in [1.807, 2.05) is 0 Å². The Morgan fingerprint density at radius 2 is 1.47 bits per heavy atom. The minimum Gasteiger partial charge on any atom is -0.366 e. The van der Waals surface area contributed by atoms with Crippen molar-refractivity contribution in [3.8, 4) is 0 Å². The summed E-state index contributed by atoms with van der Waals surface area (Å²) in [7, 11) is 0. The van der Waals surface area contributed by atoms with Gasteiger partial charge in [-0.1, -0.05) is 58.8 Å². The highest BCUT2D eigenvalue weighted by Gasteiger charge is 2.09. The lowest BCUT2D eigenvalue weighted by Gasteiger charge is -2.09. The van der Waals surface area contributed by atoms with E-state index in [0.717, 1.165) is 18.4 Å². The summed E-state index contributed by atoms with van der Waals surface area (Å²) in [6.45, 7) is 13.5. The molecule has 0 aliphatic carbocycles. The lowest BCUT2D eigenvalue weighted by atomic mass is 9.96. The number of hydrogen-bond donors (Lipinski definition) is 1. The molecule has 0 atom stereocenters. The van der Waals surface area contributed by atoms with Gasteiger partial charge in [-0.15, -0.1) is 0 Å². The van der Waals surface area contributed by atoms with Gasteiger partial charge in [0.1, 0.15) is 0 Å². The van der Waals surface area contributed by atoms with E-state index >= 15 is 0 Å². The molecule has 0 bridgehead atoms. The first-order chi connectivity index (χ1) is 8.00. The Balaban J connectivity index is 3.76. The van der Waals surface area contributed by atoms with Gasteiger partial charge in [0.05, 0.1) is 0 Å². The molecule has 0 unspecified atom stereocenters. The average Bonchev–Trinajstić information content (AvgIpc) is 2.31. The molecular formula is C15H25NO. The zero-order chi connectivity index (χ0) is 13.3. The normalized spacial score (nSPS) is 9.94. The first kappa shape index (κ1) is 15.7. The third-order valence-electron chi connectivity index (χ3n) is 2.92. The zero-order valence-corrected chi connectivity index (χ0v) is 11.1. The zero-order valence-electron chi connectivity index (χ0n) is 11.1. The molecular weight excluding hydrogens is 210 g/mol. The maximum absolute atomic E-state index is 10.9. The Hall–Kier alpha value is -1.31. The first-order valence-electron chi connectivity index (χ1n) is 6.36. The van der Waals surface area contributed by atoms with E-state index < -0.39 is 5.91 Å². The number of rotatable bonds is 10. The average molecular weight is 235 g/mol. The molecule has 0 aromatic heterocycles. The van der Waals surface area contributed by atoms with Crippen LogP contribution in [0.2, 0.25) is 0 Å². The quantitative estimate of drug-likeness (QED) is 0.348. The van der Waals surface area contributed by atoms with E-state index in [1.165, 1.54) is 32.1 Å². The van der Waals surface area contributed by atoms with Gasteiger partial charge >= 0.3 is 0 Å². The van der Waals surface area contributed by atoms with Crippen molar-refractivity contribution in [1.82, 2.24) is 0 Å². The molecule has 0 spiro atoms. The van der Waals surface area contributed by atoms with Gasteiger partial charge in [0, 0.05) is 5.57 Å². The second kappa shape index (κ2) is 8.80. The maximum Gasteiger partial charge on any atom is 0.248 e. The van der Waals surface area contributed by atoms with Crippen molar-refractivity contribution in [2.24, 2.45) is 5.73 Å². The van der Waals surface area contributed by atoms with Crippen LogP contribution in [0.15, 0.2) is 36.5 Å². The summed E-state index contributed by atoms with van der Waals surface area (Å²) < 4.78 is 0. The molecule has 0 saturated heterocycles. The lowest BCUT2D eigenvalue weighted by Crippen LogP contribution is -2.14. The van der Waals surface area contributed by atoms with Gasteiger partial charge < -0.3 is 5.73 Å². The van der Waals surface area contributed by atoms with Crippen LogP contribution >= 0.6 is 0 Å². The molecule has 2 N–H and O–H groups in total. The molecule has 0 radical (unpaired) electrons. The molecule has 2 nitrogen and oxygen atoms in total. The standard InChI is InChI=1S/C15H25NO/c1-5-6-7-8-9-10-11-12(2)13(3)14(4)15(16)17/h2-11H2,1H3,(H2,16,17). The van der Waals surface area contributed by atoms with E-state index in [1.54, 1.807) is 0 Å². The minimum atomic E-state index is -0.515. The van der Waals surface area contributed by atoms with Gasteiger partial charge in [0.15, 0.2) is 0 Å². The van der Waals surface area contributed by atoms with E-state index in [-0.39, 0.29) is 5.57 Å². The van der Waals surface area contributed by atoms with Crippen molar-refractivity contribution in [2.75, 3.05) is 0 Å². The number of allylic oxidation sites excluding steroid dienone is 1. The largest absolute Gasteiger partial charge is 0.366 e. The van der Waals surface area contributed by atoms with Crippen LogP contribution in [-0.4, -0.2) is 5.91 Å². The molecule has 0 fully saturated rings. The number of hydrogen-bond acceptors (Lipinski definition) is 1. The van der Waals surface area contributed by atoms with Crippen LogP contribution in [0, 0.1) is 0 Å². The number of amides is 1. The van der Waals surface area contributed by atoms with Crippen molar-refractivity contribution in [1.29, 1.82) is 0 Å². The lowest BCUT2D eigenvalue weighted by molar-refractivity contribution is -0.114.